The Morgan fingerprint density at radius 3 is 2.68 bits per heavy atom. The van der Waals surface area contributed by atoms with Crippen LogP contribution in [0.2, 0.25) is 0 Å². The minimum absolute atomic E-state index is 0.0649. The topological polar surface area (TPSA) is 126 Å². The molecular weight excluding hydrogens is 350 g/mol. The lowest BCUT2D eigenvalue weighted by atomic mass is 10.2. The molecule has 0 unspecified atom stereocenters. The second-order valence-corrected chi connectivity index (χ2v) is 6.22. The Morgan fingerprint density at radius 2 is 2.12 bits per heavy atom. The first kappa shape index (κ1) is 18.7. The first-order valence-electron chi connectivity index (χ1n) is 7.44. The van der Waals surface area contributed by atoms with Crippen LogP contribution in [0.1, 0.15) is 34.7 Å². The van der Waals surface area contributed by atoms with E-state index in [0.717, 1.165) is 16.7 Å². The third-order valence-electron chi connectivity index (χ3n) is 3.44. The van der Waals surface area contributed by atoms with Crippen molar-refractivity contribution in [3.63, 3.8) is 0 Å². The number of Topliss-reactive ketones (excluding diaryl/α,β-unsaturated/α-hetero) is 1. The van der Waals surface area contributed by atoms with Crippen LogP contribution in [0.4, 0.5) is 4.79 Å². The van der Waals surface area contributed by atoms with Crippen LogP contribution in [-0.2, 0) is 14.3 Å². The van der Waals surface area contributed by atoms with Crippen LogP contribution in [-0.4, -0.2) is 63.6 Å². The quantitative estimate of drug-likeness (QED) is 0.533. The van der Waals surface area contributed by atoms with Gasteiger partial charge >= 0.3 is 5.97 Å². The summed E-state index contributed by atoms with van der Waals surface area (Å²) in [5, 5.41) is 2.15. The maximum absolute atomic E-state index is 11.9. The number of esters is 1. The highest BCUT2D eigenvalue weighted by Gasteiger charge is 2.29. The smallest absolute Gasteiger partial charge is 0.355 e. The summed E-state index contributed by atoms with van der Waals surface area (Å²) in [7, 11) is 0. The number of imide groups is 1. The third-order valence-corrected chi connectivity index (χ3v) is 4.30. The van der Waals surface area contributed by atoms with Gasteiger partial charge in [0.15, 0.2) is 11.9 Å². The molecule has 1 aliphatic heterocycles. The molecule has 1 atom stereocenters. The van der Waals surface area contributed by atoms with Crippen LogP contribution >= 0.6 is 11.8 Å². The van der Waals surface area contributed by atoms with Crippen LogP contribution in [0.3, 0.4) is 0 Å². The van der Waals surface area contributed by atoms with Crippen molar-refractivity contribution in [1.82, 2.24) is 15.2 Å². The minimum atomic E-state index is -1.07. The SMILES string of the molecule is CC(=O)c1c[nH]c(C(=O)O[C@@H](C)C(=O)NCCN2C(=O)CSC2=O)c1. The fourth-order valence-electron chi connectivity index (χ4n) is 2.02. The van der Waals surface area contributed by atoms with Gasteiger partial charge in [-0.1, -0.05) is 11.8 Å². The largest absolute Gasteiger partial charge is 0.448 e. The van der Waals surface area contributed by atoms with Gasteiger partial charge in [-0.2, -0.15) is 0 Å². The molecule has 0 bridgehead atoms. The number of aromatic amines is 1. The number of hydrogen-bond donors (Lipinski definition) is 2. The first-order valence-corrected chi connectivity index (χ1v) is 8.43. The Balaban J connectivity index is 1.79. The molecule has 0 spiro atoms. The average molecular weight is 367 g/mol. The van der Waals surface area contributed by atoms with E-state index in [2.05, 4.69) is 10.3 Å². The standard InChI is InChI=1S/C15H17N3O6S/c1-8(19)10-5-11(17-6-10)14(22)24-9(2)13(21)16-3-4-18-12(20)7-25-15(18)23/h5-6,9,17H,3-4,7H2,1-2H3,(H,16,21)/t9-/m0/s1. The number of ether oxygens (including phenoxy) is 1. The second-order valence-electron chi connectivity index (χ2n) is 5.30. The van der Waals surface area contributed by atoms with Gasteiger partial charge in [-0.15, -0.1) is 0 Å². The third kappa shape index (κ3) is 4.69. The van der Waals surface area contributed by atoms with Gasteiger partial charge < -0.3 is 15.0 Å². The highest BCUT2D eigenvalue weighted by Crippen LogP contribution is 2.17. The molecule has 9 nitrogen and oxygen atoms in total. The van der Waals surface area contributed by atoms with Gasteiger partial charge in [0.1, 0.15) is 5.69 Å². The van der Waals surface area contributed by atoms with Gasteiger partial charge in [-0.25, -0.2) is 4.79 Å². The predicted molar refractivity (Wildman–Crippen MR) is 88.3 cm³/mol. The second kappa shape index (κ2) is 7.97. The first-order chi connectivity index (χ1) is 11.8. The summed E-state index contributed by atoms with van der Waals surface area (Å²) in [6, 6.07) is 1.34. The molecule has 10 heteroatoms. The molecule has 0 radical (unpaired) electrons. The number of nitrogens with one attached hydrogen (secondary N) is 2. The van der Waals surface area contributed by atoms with Crippen LogP contribution in [0.5, 0.6) is 0 Å². The van der Waals surface area contributed by atoms with E-state index in [1.807, 2.05) is 0 Å². The number of ketones is 1. The summed E-state index contributed by atoms with van der Waals surface area (Å²) in [6.45, 7) is 2.89. The maximum Gasteiger partial charge on any atom is 0.355 e. The molecule has 0 aromatic carbocycles. The molecule has 2 rings (SSSR count). The number of carbonyl (C=O) groups excluding carboxylic acids is 5. The molecule has 0 aliphatic carbocycles. The number of amides is 3. The van der Waals surface area contributed by atoms with Crippen molar-refractivity contribution in [2.75, 3.05) is 18.8 Å². The van der Waals surface area contributed by atoms with Crippen molar-refractivity contribution in [3.8, 4) is 0 Å². The monoisotopic (exact) mass is 367 g/mol. The molecule has 0 saturated carbocycles. The highest BCUT2D eigenvalue weighted by atomic mass is 32.2. The molecule has 2 N–H and O–H groups in total. The lowest BCUT2D eigenvalue weighted by Crippen LogP contribution is -2.41. The zero-order valence-corrected chi connectivity index (χ0v) is 14.5. The van der Waals surface area contributed by atoms with E-state index in [0.29, 0.717) is 5.56 Å². The Kier molecular flexibility index (Phi) is 5.97. The van der Waals surface area contributed by atoms with Gasteiger partial charge in [0.2, 0.25) is 5.91 Å². The zero-order chi connectivity index (χ0) is 18.6. The van der Waals surface area contributed by atoms with Crippen molar-refractivity contribution < 1.29 is 28.7 Å². The fourth-order valence-corrected chi connectivity index (χ4v) is 2.78. The summed E-state index contributed by atoms with van der Waals surface area (Å²) in [5.41, 5.74) is 0.400. The zero-order valence-electron chi connectivity index (χ0n) is 13.7. The van der Waals surface area contributed by atoms with Crippen molar-refractivity contribution in [3.05, 3.63) is 23.5 Å². The summed E-state index contributed by atoms with van der Waals surface area (Å²) in [5.74, 6) is -1.71. The number of rotatable bonds is 7. The number of hydrogen-bond acceptors (Lipinski definition) is 7. The summed E-state index contributed by atoms with van der Waals surface area (Å²) < 4.78 is 5.01. The van der Waals surface area contributed by atoms with Gasteiger partial charge in [0, 0.05) is 24.8 Å². The van der Waals surface area contributed by atoms with Crippen LogP contribution in [0, 0.1) is 0 Å². The van der Waals surface area contributed by atoms with Gasteiger partial charge in [-0.3, -0.25) is 24.1 Å². The van der Waals surface area contributed by atoms with Crippen LogP contribution in [0.15, 0.2) is 12.3 Å². The van der Waals surface area contributed by atoms with Crippen molar-refractivity contribution >= 4 is 40.6 Å². The predicted octanol–water partition coefficient (Wildman–Crippen LogP) is 0.574. The summed E-state index contributed by atoms with van der Waals surface area (Å²) in [4.78, 5) is 61.5. The molecule has 1 aromatic rings. The molecule has 25 heavy (non-hydrogen) atoms. The maximum atomic E-state index is 11.9. The van der Waals surface area contributed by atoms with Crippen LogP contribution < -0.4 is 5.32 Å². The van der Waals surface area contributed by atoms with Crippen molar-refractivity contribution in [2.24, 2.45) is 0 Å². The number of H-pyrrole nitrogens is 1. The van der Waals surface area contributed by atoms with E-state index in [1.165, 1.54) is 26.1 Å². The van der Waals surface area contributed by atoms with Gasteiger partial charge in [-0.05, 0) is 19.9 Å². The molecule has 134 valence electrons. The van der Waals surface area contributed by atoms with Gasteiger partial charge in [0.05, 0.1) is 5.75 Å². The number of nitrogens with zero attached hydrogens (tertiary/aromatic N) is 1. The van der Waals surface area contributed by atoms with E-state index in [1.54, 1.807) is 0 Å². The summed E-state index contributed by atoms with van der Waals surface area (Å²) in [6.07, 6.45) is 0.307. The van der Waals surface area contributed by atoms with E-state index >= 15 is 0 Å². The highest BCUT2D eigenvalue weighted by molar-refractivity contribution is 8.14. The average Bonchev–Trinajstić information content (AvgIpc) is 3.16. The lowest BCUT2D eigenvalue weighted by Gasteiger charge is -2.15. The Morgan fingerprint density at radius 1 is 1.40 bits per heavy atom. The Hall–Kier alpha value is -2.62. The Bertz CT molecular complexity index is 713. The minimum Gasteiger partial charge on any atom is -0.448 e. The molecule has 3 amide bonds. The van der Waals surface area contributed by atoms with Crippen LogP contribution in [0.25, 0.3) is 0 Å². The van der Waals surface area contributed by atoms with Crippen molar-refractivity contribution in [2.45, 2.75) is 20.0 Å². The summed E-state index contributed by atoms with van der Waals surface area (Å²) >= 11 is 0.917. The van der Waals surface area contributed by atoms with E-state index < -0.39 is 18.0 Å². The number of thioether (sulfide) groups is 1. The molecule has 1 fully saturated rings. The molecule has 2 heterocycles. The van der Waals surface area contributed by atoms with Gasteiger partial charge in [0.25, 0.3) is 11.1 Å². The molecular formula is C15H17N3O6S. The molecule has 1 aliphatic rings. The van der Waals surface area contributed by atoms with E-state index in [9.17, 15) is 24.0 Å². The van der Waals surface area contributed by atoms with Crippen molar-refractivity contribution in [1.29, 1.82) is 0 Å². The normalized spacial score (nSPS) is 15.2. The molecule has 1 aromatic heterocycles. The fraction of sp³-hybridized carbons (Fsp3) is 0.400. The molecule has 1 saturated heterocycles. The lowest BCUT2D eigenvalue weighted by molar-refractivity contribution is -0.130. The Labute approximate surface area is 147 Å². The number of carbonyl (C=O) groups is 5. The van der Waals surface area contributed by atoms with E-state index in [4.69, 9.17) is 4.74 Å². The number of aromatic nitrogens is 1. The van der Waals surface area contributed by atoms with E-state index in [-0.39, 0.29) is 41.5 Å².